The van der Waals surface area contributed by atoms with Crippen molar-refractivity contribution in [3.05, 3.63) is 71.8 Å². The summed E-state index contributed by atoms with van der Waals surface area (Å²) in [6.45, 7) is 2.86. The molecular formula is C22H25FN2O3. The SMILES string of the molecule is CC(=O)N[C@H]1CN(Cc2ccccc2)[C@@H]2COC(c3ccccc3)O[C@H]2[C@@H]1F. The lowest BCUT2D eigenvalue weighted by atomic mass is 9.91. The van der Waals surface area contributed by atoms with E-state index in [1.165, 1.54) is 6.92 Å². The van der Waals surface area contributed by atoms with Crippen molar-refractivity contribution in [2.24, 2.45) is 0 Å². The van der Waals surface area contributed by atoms with Gasteiger partial charge in [-0.2, -0.15) is 0 Å². The molecule has 1 amide bonds. The maximum atomic E-state index is 15.3. The minimum Gasteiger partial charge on any atom is -0.349 e. The number of likely N-dealkylation sites (tertiary alicyclic amines) is 1. The lowest BCUT2D eigenvalue weighted by Gasteiger charge is -2.49. The molecule has 2 fully saturated rings. The number of hydrogen-bond donors (Lipinski definition) is 1. The summed E-state index contributed by atoms with van der Waals surface area (Å²) < 4.78 is 27.3. The first kappa shape index (κ1) is 19.1. The second-order valence-corrected chi connectivity index (χ2v) is 7.41. The normalized spacial score (nSPS) is 30.4. The lowest BCUT2D eigenvalue weighted by Crippen LogP contribution is -2.67. The molecule has 0 spiro atoms. The number of carbonyl (C=O) groups excluding carboxylic acids is 1. The number of piperidine rings is 1. The Balaban J connectivity index is 1.56. The van der Waals surface area contributed by atoms with Crippen LogP contribution in [0.2, 0.25) is 0 Å². The molecule has 5 atom stereocenters. The third kappa shape index (κ3) is 4.09. The van der Waals surface area contributed by atoms with E-state index in [1.54, 1.807) is 0 Å². The second-order valence-electron chi connectivity index (χ2n) is 7.41. The predicted molar refractivity (Wildman–Crippen MR) is 103 cm³/mol. The van der Waals surface area contributed by atoms with E-state index in [2.05, 4.69) is 10.2 Å². The smallest absolute Gasteiger partial charge is 0.217 e. The Kier molecular flexibility index (Phi) is 5.71. The van der Waals surface area contributed by atoms with E-state index in [0.717, 1.165) is 11.1 Å². The minimum absolute atomic E-state index is 0.208. The van der Waals surface area contributed by atoms with E-state index in [4.69, 9.17) is 9.47 Å². The number of carbonyl (C=O) groups is 1. The molecule has 1 unspecified atom stereocenters. The number of alkyl halides is 1. The van der Waals surface area contributed by atoms with E-state index in [9.17, 15) is 4.79 Å². The van der Waals surface area contributed by atoms with Gasteiger partial charge in [0, 0.05) is 25.6 Å². The first-order chi connectivity index (χ1) is 13.6. The molecule has 2 aliphatic rings. The van der Waals surface area contributed by atoms with Gasteiger partial charge in [0.25, 0.3) is 0 Å². The highest BCUT2D eigenvalue weighted by atomic mass is 19.1. The van der Waals surface area contributed by atoms with Crippen molar-refractivity contribution in [2.75, 3.05) is 13.2 Å². The van der Waals surface area contributed by atoms with Crippen LogP contribution in [0.1, 0.15) is 24.3 Å². The summed E-state index contributed by atoms with van der Waals surface area (Å²) in [5.41, 5.74) is 2.00. The zero-order valence-corrected chi connectivity index (χ0v) is 15.8. The zero-order valence-electron chi connectivity index (χ0n) is 15.8. The monoisotopic (exact) mass is 384 g/mol. The number of nitrogens with one attached hydrogen (secondary N) is 1. The van der Waals surface area contributed by atoms with Crippen molar-refractivity contribution in [2.45, 2.75) is 44.1 Å². The van der Waals surface area contributed by atoms with Crippen LogP contribution in [0.15, 0.2) is 60.7 Å². The van der Waals surface area contributed by atoms with Crippen LogP contribution in [0.5, 0.6) is 0 Å². The van der Waals surface area contributed by atoms with Gasteiger partial charge in [0.2, 0.25) is 5.91 Å². The van der Waals surface area contributed by atoms with Gasteiger partial charge in [-0.05, 0) is 5.56 Å². The number of halogens is 1. The molecule has 2 saturated heterocycles. The zero-order chi connectivity index (χ0) is 19.5. The van der Waals surface area contributed by atoms with Gasteiger partial charge in [-0.25, -0.2) is 4.39 Å². The first-order valence-corrected chi connectivity index (χ1v) is 9.63. The van der Waals surface area contributed by atoms with E-state index in [-0.39, 0.29) is 11.9 Å². The number of nitrogens with zero attached hydrogens (tertiary/aromatic N) is 1. The second kappa shape index (κ2) is 8.39. The summed E-state index contributed by atoms with van der Waals surface area (Å²) in [5, 5.41) is 2.76. The number of ether oxygens (including phenoxy) is 2. The number of fused-ring (bicyclic) bond motifs is 1. The highest BCUT2D eigenvalue weighted by Gasteiger charge is 2.48. The molecule has 0 aromatic heterocycles. The van der Waals surface area contributed by atoms with Crippen molar-refractivity contribution in [3.63, 3.8) is 0 Å². The van der Waals surface area contributed by atoms with Crippen LogP contribution in [0, 0.1) is 0 Å². The molecule has 0 saturated carbocycles. The summed E-state index contributed by atoms with van der Waals surface area (Å²) in [6.07, 6.45) is -2.57. The third-order valence-electron chi connectivity index (χ3n) is 5.37. The van der Waals surface area contributed by atoms with Crippen molar-refractivity contribution in [1.29, 1.82) is 0 Å². The Morgan fingerprint density at radius 3 is 2.50 bits per heavy atom. The van der Waals surface area contributed by atoms with E-state index >= 15 is 4.39 Å². The molecule has 0 aliphatic carbocycles. The van der Waals surface area contributed by atoms with Crippen LogP contribution >= 0.6 is 0 Å². The molecule has 2 aromatic carbocycles. The van der Waals surface area contributed by atoms with Crippen LogP contribution in [-0.2, 0) is 20.8 Å². The van der Waals surface area contributed by atoms with Gasteiger partial charge in [0.1, 0.15) is 12.3 Å². The summed E-state index contributed by atoms with van der Waals surface area (Å²) >= 11 is 0. The van der Waals surface area contributed by atoms with Gasteiger partial charge >= 0.3 is 0 Å². The number of hydrogen-bond acceptors (Lipinski definition) is 4. The minimum atomic E-state index is -1.30. The lowest BCUT2D eigenvalue weighted by molar-refractivity contribution is -0.271. The first-order valence-electron chi connectivity index (χ1n) is 9.63. The van der Waals surface area contributed by atoms with Gasteiger partial charge in [-0.15, -0.1) is 0 Å². The largest absolute Gasteiger partial charge is 0.349 e. The topological polar surface area (TPSA) is 50.8 Å². The average molecular weight is 384 g/mol. The van der Waals surface area contributed by atoms with Crippen molar-refractivity contribution in [1.82, 2.24) is 10.2 Å². The highest BCUT2D eigenvalue weighted by molar-refractivity contribution is 5.73. The predicted octanol–water partition coefficient (Wildman–Crippen LogP) is 2.83. The molecule has 28 heavy (non-hydrogen) atoms. The van der Waals surface area contributed by atoms with Crippen LogP contribution in [0.4, 0.5) is 4.39 Å². The third-order valence-corrected chi connectivity index (χ3v) is 5.37. The molecule has 2 heterocycles. The molecule has 0 radical (unpaired) electrons. The fourth-order valence-corrected chi connectivity index (χ4v) is 4.04. The number of benzene rings is 2. The van der Waals surface area contributed by atoms with E-state index in [0.29, 0.717) is 19.7 Å². The molecule has 4 rings (SSSR count). The van der Waals surface area contributed by atoms with Crippen LogP contribution < -0.4 is 5.32 Å². The maximum Gasteiger partial charge on any atom is 0.217 e. The molecule has 0 bridgehead atoms. The van der Waals surface area contributed by atoms with Gasteiger partial charge in [-0.1, -0.05) is 60.7 Å². The van der Waals surface area contributed by atoms with Crippen molar-refractivity contribution in [3.8, 4) is 0 Å². The standard InChI is InChI=1S/C22H25FN2O3/c1-15(26)24-18-13-25(12-16-8-4-2-5-9-16)19-14-27-22(28-21(19)20(18)23)17-10-6-3-7-11-17/h2-11,18-22H,12-14H2,1H3,(H,24,26)/t18-,19+,20+,21+,22?/m0/s1. The molecular weight excluding hydrogens is 359 g/mol. The quantitative estimate of drug-likeness (QED) is 0.881. The number of rotatable bonds is 4. The van der Waals surface area contributed by atoms with Crippen LogP contribution in [0.3, 0.4) is 0 Å². The molecule has 6 heteroatoms. The van der Waals surface area contributed by atoms with Crippen molar-refractivity contribution >= 4 is 5.91 Å². The highest BCUT2D eigenvalue weighted by Crippen LogP contribution is 2.35. The molecule has 5 nitrogen and oxygen atoms in total. The Bertz CT molecular complexity index is 789. The molecule has 2 aliphatic heterocycles. The molecule has 2 aromatic rings. The summed E-state index contributed by atoms with van der Waals surface area (Å²) in [6, 6.07) is 18.8. The average Bonchev–Trinajstić information content (AvgIpc) is 2.72. The number of amides is 1. The van der Waals surface area contributed by atoms with Crippen molar-refractivity contribution < 1.29 is 18.7 Å². The maximum absolute atomic E-state index is 15.3. The van der Waals surface area contributed by atoms with Gasteiger partial charge in [0.15, 0.2) is 6.29 Å². The Morgan fingerprint density at radius 2 is 1.82 bits per heavy atom. The van der Waals surface area contributed by atoms with E-state index in [1.807, 2.05) is 60.7 Å². The summed E-state index contributed by atoms with van der Waals surface area (Å²) in [7, 11) is 0. The van der Waals surface area contributed by atoms with Gasteiger partial charge in [-0.3, -0.25) is 9.69 Å². The van der Waals surface area contributed by atoms with E-state index < -0.39 is 24.6 Å². The van der Waals surface area contributed by atoms with Crippen LogP contribution in [0.25, 0.3) is 0 Å². The summed E-state index contributed by atoms with van der Waals surface area (Å²) in [4.78, 5) is 13.8. The Labute approximate surface area is 164 Å². The Hall–Kier alpha value is -2.28. The fraction of sp³-hybridized carbons (Fsp3) is 0.409. The molecule has 148 valence electrons. The van der Waals surface area contributed by atoms with Crippen LogP contribution in [-0.4, -0.2) is 48.3 Å². The Morgan fingerprint density at radius 1 is 1.14 bits per heavy atom. The summed E-state index contributed by atoms with van der Waals surface area (Å²) in [5.74, 6) is -0.238. The van der Waals surface area contributed by atoms with Gasteiger partial charge in [0.05, 0.1) is 18.7 Å². The van der Waals surface area contributed by atoms with Gasteiger partial charge < -0.3 is 14.8 Å². The molecule has 1 N–H and O–H groups in total. The fourth-order valence-electron chi connectivity index (χ4n) is 4.04.